The maximum Gasteiger partial charge on any atom is 0.282 e. The van der Waals surface area contributed by atoms with Crippen LogP contribution in [0.25, 0.3) is 11.2 Å². The van der Waals surface area contributed by atoms with Crippen LogP contribution in [0.3, 0.4) is 0 Å². The van der Waals surface area contributed by atoms with Crippen LogP contribution in [0.5, 0.6) is 11.5 Å². The van der Waals surface area contributed by atoms with Crippen molar-refractivity contribution >= 4 is 46.1 Å². The molecule has 0 spiro atoms. The van der Waals surface area contributed by atoms with Gasteiger partial charge in [0, 0.05) is 23.0 Å². The minimum atomic E-state index is -0.358. The molecule has 0 saturated carbocycles. The van der Waals surface area contributed by atoms with Crippen molar-refractivity contribution in [1.82, 2.24) is 19.5 Å². The van der Waals surface area contributed by atoms with Crippen molar-refractivity contribution in [2.24, 2.45) is 0 Å². The Morgan fingerprint density at radius 2 is 1.85 bits per heavy atom. The zero-order valence-electron chi connectivity index (χ0n) is 18.3. The fraction of sp³-hybridized carbons (Fsp3) is 0.174. The molecule has 0 bridgehead atoms. The van der Waals surface area contributed by atoms with Crippen LogP contribution in [-0.4, -0.2) is 45.4 Å². The van der Waals surface area contributed by atoms with Crippen LogP contribution in [0.15, 0.2) is 64.8 Å². The van der Waals surface area contributed by atoms with E-state index in [0.29, 0.717) is 27.4 Å². The Labute approximate surface area is 204 Å². The number of benzene rings is 2. The third kappa shape index (κ3) is 5.13. The van der Waals surface area contributed by atoms with Crippen molar-refractivity contribution in [3.8, 4) is 11.5 Å². The Morgan fingerprint density at radius 3 is 2.65 bits per heavy atom. The monoisotopic (exact) mass is 497 g/mol. The van der Waals surface area contributed by atoms with E-state index in [1.165, 1.54) is 24.1 Å². The molecule has 0 fully saturated rings. The Kier molecular flexibility index (Phi) is 7.29. The fourth-order valence-corrected chi connectivity index (χ4v) is 4.24. The van der Waals surface area contributed by atoms with E-state index in [1.807, 2.05) is 24.3 Å². The number of fused-ring (bicyclic) bond motifs is 1. The molecule has 9 nitrogen and oxygen atoms in total. The summed E-state index contributed by atoms with van der Waals surface area (Å²) in [6.45, 7) is 0.189. The molecule has 0 aliphatic carbocycles. The second kappa shape index (κ2) is 10.5. The van der Waals surface area contributed by atoms with Gasteiger partial charge in [-0.05, 0) is 24.3 Å². The molecule has 2 heterocycles. The van der Waals surface area contributed by atoms with E-state index in [9.17, 15) is 9.59 Å². The van der Waals surface area contributed by atoms with E-state index in [4.69, 9.17) is 21.1 Å². The van der Waals surface area contributed by atoms with Crippen LogP contribution in [0.4, 0.5) is 5.69 Å². The number of anilines is 1. The van der Waals surface area contributed by atoms with E-state index in [2.05, 4.69) is 20.3 Å². The molecule has 0 saturated heterocycles. The molecule has 2 aromatic carbocycles. The second-order valence-corrected chi connectivity index (χ2v) is 8.39. The van der Waals surface area contributed by atoms with Gasteiger partial charge in [0.05, 0.1) is 32.2 Å². The number of carbonyl (C=O) groups excluding carboxylic acids is 1. The van der Waals surface area contributed by atoms with Crippen LogP contribution in [0.2, 0.25) is 5.02 Å². The predicted octanol–water partition coefficient (Wildman–Crippen LogP) is 3.64. The molecule has 0 atom stereocenters. The summed E-state index contributed by atoms with van der Waals surface area (Å²) in [7, 11) is 3.07. The number of rotatable bonds is 8. The number of aromatic nitrogens is 4. The van der Waals surface area contributed by atoms with Gasteiger partial charge in [0.1, 0.15) is 11.5 Å². The maximum atomic E-state index is 13.2. The second-order valence-electron chi connectivity index (χ2n) is 7.01. The standard InChI is InChI=1S/C23H20ClN5O4S/c1-32-17-6-4-3-5-14(17)12-29-22(31)20-21(26-10-9-25-20)28-23(29)34-13-19(30)27-16-11-15(24)7-8-18(16)33-2/h3-11H,12-13H2,1-2H3,(H,27,30). The van der Waals surface area contributed by atoms with Gasteiger partial charge in [-0.2, -0.15) is 0 Å². The smallest absolute Gasteiger partial charge is 0.282 e. The molecule has 0 radical (unpaired) electrons. The number of methoxy groups -OCH3 is 2. The van der Waals surface area contributed by atoms with Gasteiger partial charge >= 0.3 is 0 Å². The van der Waals surface area contributed by atoms with Gasteiger partial charge < -0.3 is 14.8 Å². The quantitative estimate of drug-likeness (QED) is 0.290. The topological polar surface area (TPSA) is 108 Å². The fourth-order valence-electron chi connectivity index (χ4n) is 3.28. The first-order valence-corrected chi connectivity index (χ1v) is 11.5. The van der Waals surface area contributed by atoms with Gasteiger partial charge in [-0.3, -0.25) is 14.2 Å². The number of carbonyl (C=O) groups is 1. The highest BCUT2D eigenvalue weighted by molar-refractivity contribution is 7.99. The summed E-state index contributed by atoms with van der Waals surface area (Å²) < 4.78 is 12.2. The molecule has 34 heavy (non-hydrogen) atoms. The summed E-state index contributed by atoms with van der Waals surface area (Å²) >= 11 is 7.15. The van der Waals surface area contributed by atoms with Crippen molar-refractivity contribution < 1.29 is 14.3 Å². The Balaban J connectivity index is 1.64. The molecule has 0 aliphatic rings. The summed E-state index contributed by atoms with van der Waals surface area (Å²) in [5.41, 5.74) is 1.23. The predicted molar refractivity (Wildman–Crippen MR) is 131 cm³/mol. The zero-order valence-corrected chi connectivity index (χ0v) is 19.9. The van der Waals surface area contributed by atoms with E-state index in [-0.39, 0.29) is 34.9 Å². The molecule has 4 aromatic rings. The lowest BCUT2D eigenvalue weighted by atomic mass is 10.2. The van der Waals surface area contributed by atoms with Crippen LogP contribution < -0.4 is 20.3 Å². The average Bonchev–Trinajstić information content (AvgIpc) is 2.85. The van der Waals surface area contributed by atoms with Crippen LogP contribution in [0.1, 0.15) is 5.56 Å². The largest absolute Gasteiger partial charge is 0.496 e. The first-order valence-electron chi connectivity index (χ1n) is 10.1. The zero-order chi connectivity index (χ0) is 24.1. The average molecular weight is 498 g/mol. The summed E-state index contributed by atoms with van der Waals surface area (Å²) in [6, 6.07) is 12.3. The van der Waals surface area contributed by atoms with Crippen molar-refractivity contribution in [3.63, 3.8) is 0 Å². The number of para-hydroxylation sites is 1. The first-order chi connectivity index (χ1) is 16.5. The summed E-state index contributed by atoms with van der Waals surface area (Å²) in [6.07, 6.45) is 2.91. The lowest BCUT2D eigenvalue weighted by molar-refractivity contribution is -0.113. The third-order valence-corrected chi connectivity index (χ3v) is 6.06. The Bertz CT molecular complexity index is 1410. The minimum absolute atomic E-state index is 0.0141. The van der Waals surface area contributed by atoms with Crippen LogP contribution in [0, 0.1) is 0 Å². The van der Waals surface area contributed by atoms with E-state index < -0.39 is 0 Å². The molecule has 4 rings (SSSR count). The first kappa shape index (κ1) is 23.5. The summed E-state index contributed by atoms with van der Waals surface area (Å²) in [5.74, 6) is 0.785. The number of ether oxygens (including phenoxy) is 2. The van der Waals surface area contributed by atoms with Crippen LogP contribution in [-0.2, 0) is 11.3 Å². The molecule has 174 valence electrons. The van der Waals surface area contributed by atoms with E-state index in [1.54, 1.807) is 25.3 Å². The van der Waals surface area contributed by atoms with Crippen molar-refractivity contribution in [2.45, 2.75) is 11.7 Å². The van der Waals surface area contributed by atoms with Gasteiger partial charge in [0.25, 0.3) is 5.56 Å². The molecule has 0 aliphatic heterocycles. The van der Waals surface area contributed by atoms with Crippen LogP contribution >= 0.6 is 23.4 Å². The SMILES string of the molecule is COc1ccccc1Cn1c(SCC(=O)Nc2cc(Cl)ccc2OC)nc2nccnc2c1=O. The van der Waals surface area contributed by atoms with E-state index >= 15 is 0 Å². The Morgan fingerprint density at radius 1 is 1.09 bits per heavy atom. The lowest BCUT2D eigenvalue weighted by Crippen LogP contribution is -2.26. The number of thioether (sulfide) groups is 1. The number of hydrogen-bond acceptors (Lipinski definition) is 8. The van der Waals surface area contributed by atoms with Gasteiger partial charge in [0.15, 0.2) is 16.3 Å². The summed E-state index contributed by atoms with van der Waals surface area (Å²) in [5, 5.41) is 3.57. The van der Waals surface area contributed by atoms with Crippen molar-refractivity contribution in [1.29, 1.82) is 0 Å². The molecular formula is C23H20ClN5O4S. The van der Waals surface area contributed by atoms with Gasteiger partial charge in [-0.25, -0.2) is 15.0 Å². The summed E-state index contributed by atoms with van der Waals surface area (Å²) in [4.78, 5) is 38.7. The minimum Gasteiger partial charge on any atom is -0.496 e. The highest BCUT2D eigenvalue weighted by atomic mass is 35.5. The molecule has 0 unspecified atom stereocenters. The number of halogens is 1. The maximum absolute atomic E-state index is 13.2. The number of amides is 1. The molecule has 2 aromatic heterocycles. The van der Waals surface area contributed by atoms with E-state index in [0.717, 1.165) is 17.3 Å². The molecular weight excluding hydrogens is 478 g/mol. The molecule has 1 amide bonds. The highest BCUT2D eigenvalue weighted by Crippen LogP contribution is 2.28. The van der Waals surface area contributed by atoms with Gasteiger partial charge in [-0.1, -0.05) is 41.6 Å². The number of nitrogens with one attached hydrogen (secondary N) is 1. The normalized spacial score (nSPS) is 10.8. The number of hydrogen-bond donors (Lipinski definition) is 1. The molecule has 11 heteroatoms. The Hall–Kier alpha value is -3.63. The van der Waals surface area contributed by atoms with Gasteiger partial charge in [0.2, 0.25) is 5.91 Å². The molecule has 1 N–H and O–H groups in total. The van der Waals surface area contributed by atoms with Crippen molar-refractivity contribution in [2.75, 3.05) is 25.3 Å². The highest BCUT2D eigenvalue weighted by Gasteiger charge is 2.17. The lowest BCUT2D eigenvalue weighted by Gasteiger charge is -2.15. The van der Waals surface area contributed by atoms with Gasteiger partial charge in [-0.15, -0.1) is 0 Å². The number of nitrogens with zero attached hydrogens (tertiary/aromatic N) is 4. The van der Waals surface area contributed by atoms with Crippen molar-refractivity contribution in [3.05, 3.63) is 75.8 Å². The third-order valence-electron chi connectivity index (χ3n) is 4.85.